The van der Waals surface area contributed by atoms with Gasteiger partial charge in [0.25, 0.3) is 5.91 Å². The molecular formula is C17H16N2O2. The molecule has 0 aliphatic heterocycles. The van der Waals surface area contributed by atoms with Gasteiger partial charge in [-0.2, -0.15) is 5.26 Å². The van der Waals surface area contributed by atoms with Crippen molar-refractivity contribution in [2.75, 3.05) is 11.9 Å². The summed E-state index contributed by atoms with van der Waals surface area (Å²) >= 11 is 0. The molecule has 0 aliphatic rings. The van der Waals surface area contributed by atoms with Gasteiger partial charge in [-0.25, -0.2) is 0 Å². The molecule has 2 aromatic carbocycles. The number of ether oxygens (including phenoxy) is 1. The van der Waals surface area contributed by atoms with Crippen LogP contribution in [0.3, 0.4) is 0 Å². The Morgan fingerprint density at radius 2 is 1.86 bits per heavy atom. The molecule has 0 aliphatic carbocycles. The predicted molar refractivity (Wildman–Crippen MR) is 81.2 cm³/mol. The van der Waals surface area contributed by atoms with Crippen LogP contribution in [0.5, 0.6) is 5.75 Å². The smallest absolute Gasteiger partial charge is 0.262 e. The first-order chi connectivity index (χ1) is 10.1. The van der Waals surface area contributed by atoms with E-state index in [1.807, 2.05) is 38.1 Å². The molecule has 0 aromatic heterocycles. The molecule has 4 nitrogen and oxygen atoms in total. The highest BCUT2D eigenvalue weighted by Gasteiger charge is 2.08. The molecule has 2 rings (SSSR count). The van der Waals surface area contributed by atoms with Gasteiger partial charge in [-0.15, -0.1) is 0 Å². The summed E-state index contributed by atoms with van der Waals surface area (Å²) in [4.78, 5) is 11.9. The molecule has 1 N–H and O–H groups in total. The summed E-state index contributed by atoms with van der Waals surface area (Å²) < 4.78 is 5.40. The summed E-state index contributed by atoms with van der Waals surface area (Å²) in [5, 5.41) is 11.7. The lowest BCUT2D eigenvalue weighted by atomic mass is 10.1. The van der Waals surface area contributed by atoms with Gasteiger partial charge >= 0.3 is 0 Å². The maximum atomic E-state index is 11.9. The quantitative estimate of drug-likeness (QED) is 0.935. The number of nitrogens with zero attached hydrogens (tertiary/aromatic N) is 1. The van der Waals surface area contributed by atoms with E-state index in [1.54, 1.807) is 24.3 Å². The summed E-state index contributed by atoms with van der Waals surface area (Å²) in [7, 11) is 0. The molecule has 0 bridgehead atoms. The van der Waals surface area contributed by atoms with Crippen molar-refractivity contribution in [3.05, 3.63) is 59.2 Å². The van der Waals surface area contributed by atoms with E-state index in [0.717, 1.165) is 16.8 Å². The van der Waals surface area contributed by atoms with Gasteiger partial charge in [0.1, 0.15) is 5.75 Å². The van der Waals surface area contributed by atoms with E-state index >= 15 is 0 Å². The van der Waals surface area contributed by atoms with Crippen molar-refractivity contribution in [3.8, 4) is 11.8 Å². The number of anilines is 1. The Bertz CT molecular complexity index is 682. The molecule has 0 saturated carbocycles. The van der Waals surface area contributed by atoms with E-state index in [9.17, 15) is 4.79 Å². The van der Waals surface area contributed by atoms with Gasteiger partial charge in [0, 0.05) is 5.69 Å². The van der Waals surface area contributed by atoms with Gasteiger partial charge in [-0.3, -0.25) is 4.79 Å². The van der Waals surface area contributed by atoms with Crippen molar-refractivity contribution in [2.45, 2.75) is 13.8 Å². The lowest BCUT2D eigenvalue weighted by Crippen LogP contribution is -2.21. The minimum absolute atomic E-state index is 0.0946. The summed E-state index contributed by atoms with van der Waals surface area (Å²) in [6.07, 6.45) is 0. The van der Waals surface area contributed by atoms with Crippen LogP contribution in [0.1, 0.15) is 16.7 Å². The SMILES string of the molecule is Cc1cccc(C)c1NC(=O)COc1cccc(C#N)c1. The van der Waals surface area contributed by atoms with Crippen LogP contribution >= 0.6 is 0 Å². The largest absolute Gasteiger partial charge is 0.484 e. The number of hydrogen-bond acceptors (Lipinski definition) is 3. The number of nitriles is 1. The van der Waals surface area contributed by atoms with Crippen molar-refractivity contribution < 1.29 is 9.53 Å². The number of benzene rings is 2. The first kappa shape index (κ1) is 14.6. The average molecular weight is 280 g/mol. The predicted octanol–water partition coefficient (Wildman–Crippen LogP) is 3.19. The maximum absolute atomic E-state index is 11.9. The second-order valence-corrected chi connectivity index (χ2v) is 4.74. The molecule has 21 heavy (non-hydrogen) atoms. The standard InChI is InChI=1S/C17H16N2O2/c1-12-5-3-6-13(2)17(12)19-16(20)11-21-15-8-4-7-14(9-15)10-18/h3-9H,11H2,1-2H3,(H,19,20). The zero-order chi connectivity index (χ0) is 15.2. The topological polar surface area (TPSA) is 62.1 Å². The number of aryl methyl sites for hydroxylation is 2. The summed E-state index contributed by atoms with van der Waals surface area (Å²) in [5.41, 5.74) is 3.34. The number of carbonyl (C=O) groups is 1. The Labute approximate surface area is 124 Å². The van der Waals surface area contributed by atoms with E-state index in [0.29, 0.717) is 11.3 Å². The fourth-order valence-corrected chi connectivity index (χ4v) is 1.99. The highest BCUT2D eigenvalue weighted by Crippen LogP contribution is 2.19. The third kappa shape index (κ3) is 3.83. The zero-order valence-electron chi connectivity index (χ0n) is 12.0. The number of amides is 1. The third-order valence-electron chi connectivity index (χ3n) is 3.08. The van der Waals surface area contributed by atoms with Crippen molar-refractivity contribution in [1.29, 1.82) is 5.26 Å². The zero-order valence-corrected chi connectivity index (χ0v) is 12.0. The molecule has 0 unspecified atom stereocenters. The molecule has 0 spiro atoms. The van der Waals surface area contributed by atoms with Crippen LogP contribution in [0.25, 0.3) is 0 Å². The number of hydrogen-bond donors (Lipinski definition) is 1. The van der Waals surface area contributed by atoms with Gasteiger partial charge < -0.3 is 10.1 Å². The van der Waals surface area contributed by atoms with Gasteiger partial charge in [-0.05, 0) is 43.2 Å². The van der Waals surface area contributed by atoms with Crippen LogP contribution in [-0.2, 0) is 4.79 Å². The van der Waals surface area contributed by atoms with E-state index in [4.69, 9.17) is 10.00 Å². The molecule has 2 aromatic rings. The second-order valence-electron chi connectivity index (χ2n) is 4.74. The van der Waals surface area contributed by atoms with Crippen LogP contribution in [0.4, 0.5) is 5.69 Å². The summed E-state index contributed by atoms with van der Waals surface area (Å²) in [6, 6.07) is 14.6. The van der Waals surface area contributed by atoms with E-state index in [-0.39, 0.29) is 12.5 Å². The average Bonchev–Trinajstić information content (AvgIpc) is 2.49. The maximum Gasteiger partial charge on any atom is 0.262 e. The molecule has 0 fully saturated rings. The fourth-order valence-electron chi connectivity index (χ4n) is 1.99. The Morgan fingerprint density at radius 1 is 1.19 bits per heavy atom. The highest BCUT2D eigenvalue weighted by atomic mass is 16.5. The Balaban J connectivity index is 1.98. The third-order valence-corrected chi connectivity index (χ3v) is 3.08. The summed E-state index contributed by atoms with van der Waals surface area (Å²) in [5.74, 6) is 0.278. The minimum atomic E-state index is -0.227. The number of rotatable bonds is 4. The molecular weight excluding hydrogens is 264 g/mol. The van der Waals surface area contributed by atoms with E-state index < -0.39 is 0 Å². The number of nitrogens with one attached hydrogen (secondary N) is 1. The lowest BCUT2D eigenvalue weighted by molar-refractivity contribution is -0.118. The molecule has 4 heteroatoms. The van der Waals surface area contributed by atoms with Crippen molar-refractivity contribution >= 4 is 11.6 Å². The van der Waals surface area contributed by atoms with E-state index in [1.165, 1.54) is 0 Å². The molecule has 0 atom stereocenters. The van der Waals surface area contributed by atoms with Gasteiger partial charge in [0.2, 0.25) is 0 Å². The van der Waals surface area contributed by atoms with Crippen molar-refractivity contribution in [2.24, 2.45) is 0 Å². The van der Waals surface area contributed by atoms with Crippen LogP contribution in [0.15, 0.2) is 42.5 Å². The molecule has 0 saturated heterocycles. The molecule has 106 valence electrons. The molecule has 0 heterocycles. The highest BCUT2D eigenvalue weighted by molar-refractivity contribution is 5.93. The number of para-hydroxylation sites is 1. The van der Waals surface area contributed by atoms with Crippen molar-refractivity contribution in [3.63, 3.8) is 0 Å². The monoisotopic (exact) mass is 280 g/mol. The Morgan fingerprint density at radius 3 is 2.52 bits per heavy atom. The minimum Gasteiger partial charge on any atom is -0.484 e. The Kier molecular flexibility index (Phi) is 4.57. The normalized spacial score (nSPS) is 9.76. The van der Waals surface area contributed by atoms with Gasteiger partial charge in [0.05, 0.1) is 11.6 Å². The summed E-state index contributed by atoms with van der Waals surface area (Å²) in [6.45, 7) is 3.79. The molecule has 1 amide bonds. The van der Waals surface area contributed by atoms with Crippen LogP contribution in [-0.4, -0.2) is 12.5 Å². The second kappa shape index (κ2) is 6.58. The van der Waals surface area contributed by atoms with E-state index in [2.05, 4.69) is 5.32 Å². The van der Waals surface area contributed by atoms with Crippen molar-refractivity contribution in [1.82, 2.24) is 0 Å². The molecule has 0 radical (unpaired) electrons. The lowest BCUT2D eigenvalue weighted by Gasteiger charge is -2.12. The van der Waals surface area contributed by atoms with Gasteiger partial charge in [-0.1, -0.05) is 24.3 Å². The Hall–Kier alpha value is -2.80. The van der Waals surface area contributed by atoms with Crippen LogP contribution < -0.4 is 10.1 Å². The first-order valence-electron chi connectivity index (χ1n) is 6.59. The van der Waals surface area contributed by atoms with Crippen LogP contribution in [0.2, 0.25) is 0 Å². The van der Waals surface area contributed by atoms with Gasteiger partial charge in [0.15, 0.2) is 6.61 Å². The first-order valence-corrected chi connectivity index (χ1v) is 6.59. The van der Waals surface area contributed by atoms with Crippen LogP contribution in [0, 0.1) is 25.2 Å². The fraction of sp³-hybridized carbons (Fsp3) is 0.176. The number of carbonyl (C=O) groups excluding carboxylic acids is 1.